The molecule has 0 fully saturated rings. The van der Waals surface area contributed by atoms with Crippen LogP contribution in [0.3, 0.4) is 0 Å². The molecule has 0 aliphatic rings. The van der Waals surface area contributed by atoms with E-state index < -0.39 is 0 Å². The molecule has 122 valence electrons. The molecule has 0 heterocycles. The normalized spacial score (nSPS) is 15.3. The summed E-state index contributed by atoms with van der Waals surface area (Å²) in [4.78, 5) is 0. The zero-order valence-corrected chi connectivity index (χ0v) is 14.3. The molecule has 0 aromatic rings. The first-order chi connectivity index (χ1) is 9.39. The fraction of sp³-hybridized carbons (Fsp3) is 1.00. The van der Waals surface area contributed by atoms with Gasteiger partial charge in [0.15, 0.2) is 0 Å². The predicted octanol–water partition coefficient (Wildman–Crippen LogP) is 3.19. The van der Waals surface area contributed by atoms with E-state index in [1.807, 2.05) is 0 Å². The maximum Gasteiger partial charge on any atom is 0.0780 e. The lowest BCUT2D eigenvalue weighted by Crippen LogP contribution is -2.35. The van der Waals surface area contributed by atoms with Crippen LogP contribution in [0.5, 0.6) is 0 Å². The quantitative estimate of drug-likeness (QED) is 0.403. The van der Waals surface area contributed by atoms with Gasteiger partial charge in [0.1, 0.15) is 0 Å². The second-order valence-corrected chi connectivity index (χ2v) is 7.33. The molecule has 0 aromatic heterocycles. The first-order valence-electron chi connectivity index (χ1n) is 8.41. The van der Waals surface area contributed by atoms with Gasteiger partial charge in [0.25, 0.3) is 0 Å². The molecule has 2 N–H and O–H groups in total. The second kappa shape index (κ2) is 10.6. The van der Waals surface area contributed by atoms with Crippen molar-refractivity contribution in [3.05, 3.63) is 0 Å². The molecule has 3 heteroatoms. The van der Waals surface area contributed by atoms with Crippen molar-refractivity contribution in [2.24, 2.45) is 5.41 Å². The third-order valence-electron chi connectivity index (χ3n) is 4.52. The van der Waals surface area contributed by atoms with E-state index in [1.54, 1.807) is 0 Å². The van der Waals surface area contributed by atoms with Crippen LogP contribution in [0.2, 0.25) is 0 Å². The largest absolute Gasteiger partial charge is 0.396 e. The lowest BCUT2D eigenvalue weighted by atomic mass is 9.73. The van der Waals surface area contributed by atoms with E-state index in [2.05, 4.69) is 28.1 Å². The van der Waals surface area contributed by atoms with Crippen LogP contribution in [0.25, 0.3) is 0 Å². The molecule has 3 nitrogen and oxygen atoms in total. The third-order valence-corrected chi connectivity index (χ3v) is 4.52. The van der Waals surface area contributed by atoms with E-state index in [-0.39, 0.29) is 0 Å². The van der Waals surface area contributed by atoms with Crippen molar-refractivity contribution in [1.82, 2.24) is 0 Å². The summed E-state index contributed by atoms with van der Waals surface area (Å²) < 4.78 is 1.04. The van der Waals surface area contributed by atoms with E-state index >= 15 is 0 Å². The van der Waals surface area contributed by atoms with Crippen molar-refractivity contribution in [2.75, 3.05) is 40.9 Å². The van der Waals surface area contributed by atoms with Crippen LogP contribution in [0.1, 0.15) is 64.7 Å². The lowest BCUT2D eigenvalue weighted by molar-refractivity contribution is -0.870. The number of aliphatic hydroxyl groups excluding tert-OH is 2. The summed E-state index contributed by atoms with van der Waals surface area (Å²) in [6.07, 6.45) is 10.3. The Labute approximate surface area is 126 Å². The molecule has 0 aliphatic carbocycles. The first kappa shape index (κ1) is 19.9. The van der Waals surface area contributed by atoms with Crippen molar-refractivity contribution in [1.29, 1.82) is 0 Å². The van der Waals surface area contributed by atoms with E-state index in [4.69, 9.17) is 10.2 Å². The van der Waals surface area contributed by atoms with Crippen molar-refractivity contribution < 1.29 is 14.7 Å². The van der Waals surface area contributed by atoms with E-state index in [9.17, 15) is 0 Å². The Kier molecular flexibility index (Phi) is 10.5. The van der Waals surface area contributed by atoms with Crippen LogP contribution in [-0.2, 0) is 0 Å². The van der Waals surface area contributed by atoms with E-state index in [0.29, 0.717) is 18.6 Å². The van der Waals surface area contributed by atoms with Crippen molar-refractivity contribution >= 4 is 0 Å². The molecule has 1 unspecified atom stereocenters. The molecule has 0 aliphatic heterocycles. The van der Waals surface area contributed by atoms with Gasteiger partial charge in [0, 0.05) is 13.2 Å². The van der Waals surface area contributed by atoms with Gasteiger partial charge >= 0.3 is 0 Å². The minimum Gasteiger partial charge on any atom is -0.396 e. The van der Waals surface area contributed by atoms with Crippen molar-refractivity contribution in [2.45, 2.75) is 64.7 Å². The average molecular weight is 288 g/mol. The molecule has 0 saturated heterocycles. The molecule has 0 spiro atoms. The maximum atomic E-state index is 9.13. The molecule has 0 radical (unpaired) electrons. The fourth-order valence-electron chi connectivity index (χ4n) is 3.06. The molecular formula is C17H38NO2+. The Morgan fingerprint density at radius 1 is 0.750 bits per heavy atom. The summed E-state index contributed by atoms with van der Waals surface area (Å²) in [5.74, 6) is 0. The zero-order valence-electron chi connectivity index (χ0n) is 14.3. The van der Waals surface area contributed by atoms with E-state index in [0.717, 1.165) is 30.2 Å². The summed E-state index contributed by atoms with van der Waals surface area (Å²) in [5, 5.41) is 18.1. The van der Waals surface area contributed by atoms with Crippen LogP contribution in [0.4, 0.5) is 0 Å². The summed E-state index contributed by atoms with van der Waals surface area (Å²) in [5.41, 5.74) is 0.392. The number of unbranched alkanes of at least 4 members (excludes halogenated alkanes) is 2. The van der Waals surface area contributed by atoms with Crippen LogP contribution < -0.4 is 0 Å². The van der Waals surface area contributed by atoms with Gasteiger partial charge in [-0.2, -0.15) is 0 Å². The predicted molar refractivity (Wildman–Crippen MR) is 86.7 cm³/mol. The van der Waals surface area contributed by atoms with Gasteiger partial charge in [-0.1, -0.05) is 19.8 Å². The van der Waals surface area contributed by atoms with Gasteiger partial charge in [-0.3, -0.25) is 0 Å². The number of rotatable bonds is 13. The highest BCUT2D eigenvalue weighted by molar-refractivity contribution is 4.78. The Hall–Kier alpha value is -0.120. The zero-order chi connectivity index (χ0) is 15.5. The highest BCUT2D eigenvalue weighted by Crippen LogP contribution is 2.39. The molecule has 0 rings (SSSR count). The molecule has 0 aromatic carbocycles. The molecule has 20 heavy (non-hydrogen) atoms. The van der Waals surface area contributed by atoms with E-state index in [1.165, 1.54) is 38.6 Å². The van der Waals surface area contributed by atoms with Gasteiger partial charge in [0.2, 0.25) is 0 Å². The number of aliphatic hydroxyl groups is 2. The molecule has 1 atom stereocenters. The van der Waals surface area contributed by atoms with Gasteiger partial charge in [-0.05, 0) is 50.4 Å². The minimum atomic E-state index is 0.306. The highest BCUT2D eigenvalue weighted by atomic mass is 16.3. The number of hydrogen-bond acceptors (Lipinski definition) is 2. The molecular weight excluding hydrogens is 250 g/mol. The molecule has 0 bridgehead atoms. The average Bonchev–Trinajstić information content (AvgIpc) is 2.39. The SMILES string of the molecule is CCC(CCCO)(CCCCO)CCCC[N+](C)(C)C. The summed E-state index contributed by atoms with van der Waals surface area (Å²) >= 11 is 0. The van der Waals surface area contributed by atoms with Gasteiger partial charge in [-0.15, -0.1) is 0 Å². The van der Waals surface area contributed by atoms with Crippen molar-refractivity contribution in [3.63, 3.8) is 0 Å². The second-order valence-electron chi connectivity index (χ2n) is 7.33. The van der Waals surface area contributed by atoms with Gasteiger partial charge in [-0.25, -0.2) is 0 Å². The van der Waals surface area contributed by atoms with Crippen LogP contribution >= 0.6 is 0 Å². The maximum absolute atomic E-state index is 9.13. The first-order valence-corrected chi connectivity index (χ1v) is 8.41. The minimum absolute atomic E-state index is 0.306. The summed E-state index contributed by atoms with van der Waals surface area (Å²) in [7, 11) is 6.75. The Morgan fingerprint density at radius 2 is 1.25 bits per heavy atom. The topological polar surface area (TPSA) is 40.5 Å². The highest BCUT2D eigenvalue weighted by Gasteiger charge is 2.26. The summed E-state index contributed by atoms with van der Waals surface area (Å²) in [6, 6.07) is 0. The van der Waals surface area contributed by atoms with Crippen LogP contribution in [-0.4, -0.2) is 55.6 Å². The van der Waals surface area contributed by atoms with Crippen molar-refractivity contribution in [3.8, 4) is 0 Å². The Morgan fingerprint density at radius 3 is 1.70 bits per heavy atom. The molecule has 0 amide bonds. The van der Waals surface area contributed by atoms with Gasteiger partial charge in [0.05, 0.1) is 27.7 Å². The smallest absolute Gasteiger partial charge is 0.0780 e. The number of nitrogens with zero attached hydrogens (tertiary/aromatic N) is 1. The molecule has 0 saturated carbocycles. The third kappa shape index (κ3) is 9.73. The lowest BCUT2D eigenvalue weighted by Gasteiger charge is -2.34. The van der Waals surface area contributed by atoms with Gasteiger partial charge < -0.3 is 14.7 Å². The Balaban J connectivity index is 4.26. The Bertz CT molecular complexity index is 226. The number of hydrogen-bond donors (Lipinski definition) is 2. The monoisotopic (exact) mass is 288 g/mol. The fourth-order valence-corrected chi connectivity index (χ4v) is 3.06. The number of quaternary nitrogens is 1. The summed E-state index contributed by atoms with van der Waals surface area (Å²) in [6.45, 7) is 4.13. The van der Waals surface area contributed by atoms with Crippen LogP contribution in [0.15, 0.2) is 0 Å². The standard InChI is InChI=1S/C17H38NO2/c1-5-17(13-10-16-20,12-7-9-15-19)11-6-8-14-18(2,3)4/h19-20H,5-16H2,1-4H3/q+1. The van der Waals surface area contributed by atoms with Crippen LogP contribution in [0, 0.1) is 5.41 Å².